The number of aromatic amines is 1. The van der Waals surface area contributed by atoms with Crippen LogP contribution in [0.15, 0.2) is 24.3 Å². The molecule has 0 spiro atoms. The van der Waals surface area contributed by atoms with Gasteiger partial charge in [0.1, 0.15) is 5.69 Å². The minimum atomic E-state index is -0.307. The largest absolute Gasteiger partial charge is 0.354 e. The molecular weight excluding hydrogens is 390 g/mol. The molecule has 2 heterocycles. The molecule has 0 bridgehead atoms. The van der Waals surface area contributed by atoms with Gasteiger partial charge in [-0.05, 0) is 43.5 Å². The fourth-order valence-corrected chi connectivity index (χ4v) is 4.18. The van der Waals surface area contributed by atoms with E-state index in [-0.39, 0.29) is 35.1 Å². The van der Waals surface area contributed by atoms with Crippen LogP contribution in [0.3, 0.4) is 0 Å². The highest BCUT2D eigenvalue weighted by molar-refractivity contribution is 8.14. The van der Waals surface area contributed by atoms with Crippen molar-refractivity contribution in [2.24, 2.45) is 0 Å². The molecule has 2 aromatic rings. The lowest BCUT2D eigenvalue weighted by Crippen LogP contribution is -2.27. The maximum atomic E-state index is 12.8. The van der Waals surface area contributed by atoms with Gasteiger partial charge in [-0.1, -0.05) is 37.2 Å². The molecular formula is C21H23N3O4S. The number of carbonyl (C=O) groups is 4. The highest BCUT2D eigenvalue weighted by Gasteiger charge is 2.29. The molecule has 1 aromatic heterocycles. The molecule has 0 unspecified atom stereocenters. The third-order valence-corrected chi connectivity index (χ3v) is 5.62. The first kappa shape index (κ1) is 20.9. The second-order valence-electron chi connectivity index (χ2n) is 6.97. The number of hydrogen-bond donors (Lipinski definition) is 2. The number of anilines is 1. The molecule has 3 rings (SSSR count). The Balaban J connectivity index is 1.74. The first-order valence-corrected chi connectivity index (χ1v) is 10.4. The summed E-state index contributed by atoms with van der Waals surface area (Å²) in [6, 6.07) is 7.00. The van der Waals surface area contributed by atoms with E-state index in [1.165, 1.54) is 11.8 Å². The molecule has 1 aliphatic rings. The number of nitrogens with one attached hydrogen (secondary N) is 2. The summed E-state index contributed by atoms with van der Waals surface area (Å²) in [6.45, 7) is 5.52. The molecule has 0 saturated carbocycles. The van der Waals surface area contributed by atoms with E-state index in [1.54, 1.807) is 31.2 Å². The number of Topliss-reactive ketones (excluding diaryl/α,β-unsaturated/α-hetero) is 1. The van der Waals surface area contributed by atoms with Gasteiger partial charge in [0.05, 0.1) is 12.3 Å². The number of carbonyl (C=O) groups excluding carboxylic acids is 4. The Hall–Kier alpha value is -2.87. The zero-order chi connectivity index (χ0) is 21.1. The molecule has 1 aliphatic heterocycles. The summed E-state index contributed by atoms with van der Waals surface area (Å²) in [5, 5.41) is 2.60. The van der Waals surface area contributed by atoms with E-state index in [4.69, 9.17) is 0 Å². The molecule has 0 aliphatic carbocycles. The summed E-state index contributed by atoms with van der Waals surface area (Å²) in [4.78, 5) is 52.5. The average Bonchev–Trinajstić information content (AvgIpc) is 3.17. The SMILES string of the molecule is CCCc1c(C(=O)Nc2ccc(CN3C(=O)CSC3=O)cc2)[nH]c(C)c1C(C)=O. The highest BCUT2D eigenvalue weighted by atomic mass is 32.2. The van der Waals surface area contributed by atoms with Crippen LogP contribution >= 0.6 is 11.8 Å². The summed E-state index contributed by atoms with van der Waals surface area (Å²) in [5.74, 6) is -0.373. The zero-order valence-corrected chi connectivity index (χ0v) is 17.4. The topological polar surface area (TPSA) is 99.3 Å². The molecule has 1 fully saturated rings. The van der Waals surface area contributed by atoms with Crippen molar-refractivity contribution in [2.45, 2.75) is 40.2 Å². The fourth-order valence-electron chi connectivity index (χ4n) is 3.45. The van der Waals surface area contributed by atoms with E-state index in [0.29, 0.717) is 29.1 Å². The van der Waals surface area contributed by atoms with Crippen LogP contribution in [-0.4, -0.2) is 38.5 Å². The van der Waals surface area contributed by atoms with Crippen molar-refractivity contribution in [3.8, 4) is 0 Å². The van der Waals surface area contributed by atoms with Gasteiger partial charge >= 0.3 is 0 Å². The molecule has 3 amide bonds. The summed E-state index contributed by atoms with van der Waals surface area (Å²) in [5.41, 5.74) is 3.82. The van der Waals surface area contributed by atoms with Crippen LogP contribution in [0.1, 0.15) is 57.9 Å². The Kier molecular flexibility index (Phi) is 6.22. The molecule has 8 heteroatoms. The normalized spacial score (nSPS) is 13.8. The van der Waals surface area contributed by atoms with Gasteiger partial charge in [-0.25, -0.2) is 0 Å². The van der Waals surface area contributed by atoms with Gasteiger partial charge < -0.3 is 10.3 Å². The molecule has 7 nitrogen and oxygen atoms in total. The van der Waals surface area contributed by atoms with E-state index in [2.05, 4.69) is 10.3 Å². The lowest BCUT2D eigenvalue weighted by molar-refractivity contribution is -0.125. The summed E-state index contributed by atoms with van der Waals surface area (Å²) in [6.07, 6.45) is 1.45. The first-order chi connectivity index (χ1) is 13.8. The smallest absolute Gasteiger partial charge is 0.289 e. The van der Waals surface area contributed by atoms with Crippen LogP contribution < -0.4 is 5.32 Å². The van der Waals surface area contributed by atoms with Crippen molar-refractivity contribution >= 4 is 40.3 Å². The minimum absolute atomic E-state index is 0.0604. The van der Waals surface area contributed by atoms with Crippen LogP contribution in [0, 0.1) is 6.92 Å². The van der Waals surface area contributed by atoms with Gasteiger partial charge in [-0.3, -0.25) is 24.1 Å². The molecule has 1 saturated heterocycles. The fraction of sp³-hybridized carbons (Fsp3) is 0.333. The number of benzene rings is 1. The van der Waals surface area contributed by atoms with Crippen molar-refractivity contribution in [3.63, 3.8) is 0 Å². The van der Waals surface area contributed by atoms with Gasteiger partial charge in [0.2, 0.25) is 5.91 Å². The minimum Gasteiger partial charge on any atom is -0.354 e. The van der Waals surface area contributed by atoms with Gasteiger partial charge in [-0.15, -0.1) is 0 Å². The van der Waals surface area contributed by atoms with E-state index >= 15 is 0 Å². The Morgan fingerprint density at radius 3 is 2.45 bits per heavy atom. The number of thioether (sulfide) groups is 1. The summed E-state index contributed by atoms with van der Waals surface area (Å²) < 4.78 is 0. The third-order valence-electron chi connectivity index (χ3n) is 4.76. The number of aryl methyl sites for hydroxylation is 1. The predicted molar refractivity (Wildman–Crippen MR) is 112 cm³/mol. The van der Waals surface area contributed by atoms with Crippen molar-refractivity contribution in [3.05, 3.63) is 52.3 Å². The van der Waals surface area contributed by atoms with Gasteiger partial charge in [0.15, 0.2) is 5.78 Å². The Morgan fingerprint density at radius 1 is 1.21 bits per heavy atom. The molecule has 29 heavy (non-hydrogen) atoms. The molecule has 1 aromatic carbocycles. The van der Waals surface area contributed by atoms with Crippen LogP contribution in [0.5, 0.6) is 0 Å². The molecule has 2 N–H and O–H groups in total. The Bertz CT molecular complexity index is 963. The number of aromatic nitrogens is 1. The Morgan fingerprint density at radius 2 is 1.90 bits per heavy atom. The van der Waals surface area contributed by atoms with Crippen molar-refractivity contribution in [2.75, 3.05) is 11.1 Å². The maximum Gasteiger partial charge on any atom is 0.289 e. The summed E-state index contributed by atoms with van der Waals surface area (Å²) >= 11 is 1.01. The first-order valence-electron chi connectivity index (χ1n) is 9.41. The van der Waals surface area contributed by atoms with Gasteiger partial charge in [0.25, 0.3) is 11.1 Å². The third kappa shape index (κ3) is 4.42. The number of nitrogens with zero attached hydrogens (tertiary/aromatic N) is 1. The van der Waals surface area contributed by atoms with Crippen molar-refractivity contribution < 1.29 is 19.2 Å². The van der Waals surface area contributed by atoms with Crippen LogP contribution in [0.25, 0.3) is 0 Å². The van der Waals surface area contributed by atoms with Crippen LogP contribution in [0.2, 0.25) is 0 Å². The number of ketones is 1. The standard InChI is InChI=1S/C21H23N3O4S/c1-4-5-16-18(13(3)25)12(2)22-19(16)20(27)23-15-8-6-14(7-9-15)10-24-17(26)11-29-21(24)28/h6-9,22H,4-5,10-11H2,1-3H3,(H,23,27). The van der Waals surface area contributed by atoms with E-state index < -0.39 is 0 Å². The summed E-state index contributed by atoms with van der Waals surface area (Å²) in [7, 11) is 0. The molecule has 152 valence electrons. The van der Waals surface area contributed by atoms with E-state index in [1.807, 2.05) is 6.92 Å². The maximum absolute atomic E-state index is 12.8. The van der Waals surface area contributed by atoms with Gasteiger partial charge in [0, 0.05) is 16.9 Å². The lowest BCUT2D eigenvalue weighted by Gasteiger charge is -2.13. The second kappa shape index (κ2) is 8.65. The lowest BCUT2D eigenvalue weighted by atomic mass is 10.0. The second-order valence-corrected chi connectivity index (χ2v) is 7.90. The Labute approximate surface area is 173 Å². The number of amides is 3. The number of imide groups is 1. The highest BCUT2D eigenvalue weighted by Crippen LogP contribution is 2.24. The van der Waals surface area contributed by atoms with Gasteiger partial charge in [-0.2, -0.15) is 0 Å². The monoisotopic (exact) mass is 413 g/mol. The number of hydrogen-bond acceptors (Lipinski definition) is 5. The van der Waals surface area contributed by atoms with E-state index in [0.717, 1.165) is 29.3 Å². The quantitative estimate of drug-likeness (QED) is 0.670. The van der Waals surface area contributed by atoms with Crippen molar-refractivity contribution in [1.29, 1.82) is 0 Å². The molecule has 0 radical (unpaired) electrons. The number of rotatable bonds is 7. The predicted octanol–water partition coefficient (Wildman–Crippen LogP) is 3.93. The van der Waals surface area contributed by atoms with E-state index in [9.17, 15) is 19.2 Å². The van der Waals surface area contributed by atoms with Crippen LogP contribution in [0.4, 0.5) is 10.5 Å². The number of H-pyrrole nitrogens is 1. The average molecular weight is 413 g/mol. The van der Waals surface area contributed by atoms with Crippen molar-refractivity contribution in [1.82, 2.24) is 9.88 Å². The zero-order valence-electron chi connectivity index (χ0n) is 16.6. The van der Waals surface area contributed by atoms with Crippen LogP contribution in [-0.2, 0) is 17.8 Å². The molecule has 0 atom stereocenters.